The third kappa shape index (κ3) is 2.91. The molecular weight excluding hydrogens is 374 g/mol. The van der Waals surface area contributed by atoms with E-state index in [2.05, 4.69) is 0 Å². The minimum absolute atomic E-state index is 0.0310. The molecule has 0 unspecified atom stereocenters. The first kappa shape index (κ1) is 17.5. The van der Waals surface area contributed by atoms with E-state index in [0.29, 0.717) is 47.2 Å². The fourth-order valence-corrected chi connectivity index (χ4v) is 6.14. The van der Waals surface area contributed by atoms with Crippen LogP contribution in [0.4, 0.5) is 0 Å². The number of hydrogen-bond donors (Lipinski definition) is 0. The van der Waals surface area contributed by atoms with Gasteiger partial charge in [0, 0.05) is 32.0 Å². The molecule has 0 bridgehead atoms. The average molecular weight is 393 g/mol. The molecule has 0 N–H and O–H groups in total. The number of benzene rings is 1. The first-order valence-corrected chi connectivity index (χ1v) is 10.7. The van der Waals surface area contributed by atoms with Crippen molar-refractivity contribution >= 4 is 27.1 Å². The summed E-state index contributed by atoms with van der Waals surface area (Å²) in [5.74, 6) is 1.19. The minimum Gasteiger partial charge on any atom is -0.497 e. The number of ketones is 1. The normalized spacial score (nSPS) is 19.8. The second kappa shape index (κ2) is 6.37. The lowest BCUT2D eigenvalue weighted by molar-refractivity contribution is 0.00581. The van der Waals surface area contributed by atoms with Crippen molar-refractivity contribution in [1.29, 1.82) is 0 Å². The molecule has 6 nitrogen and oxygen atoms in total. The topological polar surface area (TPSA) is 72.9 Å². The van der Waals surface area contributed by atoms with Crippen LogP contribution in [0.25, 0.3) is 0 Å². The summed E-state index contributed by atoms with van der Waals surface area (Å²) >= 11 is 1.22. The average Bonchev–Trinajstić information content (AvgIpc) is 3.17. The molecule has 8 heteroatoms. The summed E-state index contributed by atoms with van der Waals surface area (Å²) in [6.07, 6.45) is 1.25. The van der Waals surface area contributed by atoms with Crippen molar-refractivity contribution in [3.63, 3.8) is 0 Å². The van der Waals surface area contributed by atoms with Gasteiger partial charge in [-0.1, -0.05) is 6.07 Å². The van der Waals surface area contributed by atoms with Gasteiger partial charge in [0.15, 0.2) is 5.78 Å². The predicted molar refractivity (Wildman–Crippen MR) is 97.6 cm³/mol. The van der Waals surface area contributed by atoms with Crippen molar-refractivity contribution in [2.75, 3.05) is 20.2 Å². The highest BCUT2D eigenvalue weighted by Crippen LogP contribution is 2.41. The standard InChI is InChI=1S/C18H19NO5S2/c1-23-13-4-5-14-15(20)12-18(24-16(14)11-13)6-8-19(9-7-18)26(21,22)17-3-2-10-25-17/h2-5,10-11H,6-9,12H2,1H3. The number of piperidine rings is 1. The summed E-state index contributed by atoms with van der Waals surface area (Å²) in [5.41, 5.74) is -0.0807. The number of thiophene rings is 1. The Kier molecular flexibility index (Phi) is 4.29. The maximum absolute atomic E-state index is 12.7. The Bertz CT molecular complexity index is 928. The molecular formula is C18H19NO5S2. The fourth-order valence-electron chi connectivity index (χ4n) is 3.55. The molecule has 1 spiro atoms. The maximum atomic E-state index is 12.7. The summed E-state index contributed by atoms with van der Waals surface area (Å²) in [6, 6.07) is 8.54. The van der Waals surface area contributed by atoms with E-state index >= 15 is 0 Å². The van der Waals surface area contributed by atoms with Crippen LogP contribution in [-0.2, 0) is 10.0 Å². The third-order valence-electron chi connectivity index (χ3n) is 5.02. The number of methoxy groups -OCH3 is 1. The van der Waals surface area contributed by atoms with E-state index in [1.165, 1.54) is 15.6 Å². The number of Topliss-reactive ketones (excluding diaryl/α,β-unsaturated/α-hetero) is 1. The highest BCUT2D eigenvalue weighted by molar-refractivity contribution is 7.91. The quantitative estimate of drug-likeness (QED) is 0.802. The zero-order chi connectivity index (χ0) is 18.4. The van der Waals surface area contributed by atoms with Gasteiger partial charge in [-0.05, 0) is 23.6 Å². The summed E-state index contributed by atoms with van der Waals surface area (Å²) in [7, 11) is -1.90. The van der Waals surface area contributed by atoms with E-state index in [1.807, 2.05) is 0 Å². The van der Waals surface area contributed by atoms with E-state index in [4.69, 9.17) is 9.47 Å². The molecule has 0 amide bonds. The molecule has 0 saturated carbocycles. The van der Waals surface area contributed by atoms with Gasteiger partial charge in [0.25, 0.3) is 10.0 Å². The molecule has 3 heterocycles. The molecule has 26 heavy (non-hydrogen) atoms. The highest BCUT2D eigenvalue weighted by Gasteiger charge is 2.45. The number of carbonyl (C=O) groups is 1. The van der Waals surface area contributed by atoms with Crippen LogP contribution >= 0.6 is 11.3 Å². The predicted octanol–water partition coefficient (Wildman–Crippen LogP) is 2.95. The van der Waals surface area contributed by atoms with Gasteiger partial charge in [-0.15, -0.1) is 11.3 Å². The lowest BCUT2D eigenvalue weighted by atomic mass is 9.83. The van der Waals surface area contributed by atoms with Crippen molar-refractivity contribution in [3.8, 4) is 11.5 Å². The molecule has 1 aromatic heterocycles. The van der Waals surface area contributed by atoms with Crippen LogP contribution in [-0.4, -0.2) is 44.3 Å². The monoisotopic (exact) mass is 393 g/mol. The largest absolute Gasteiger partial charge is 0.497 e. The zero-order valence-corrected chi connectivity index (χ0v) is 15.9. The number of fused-ring (bicyclic) bond motifs is 1. The number of ether oxygens (including phenoxy) is 2. The first-order valence-electron chi connectivity index (χ1n) is 8.37. The van der Waals surface area contributed by atoms with E-state index in [-0.39, 0.29) is 12.2 Å². The summed E-state index contributed by atoms with van der Waals surface area (Å²) in [4.78, 5) is 12.6. The summed E-state index contributed by atoms with van der Waals surface area (Å²) in [5, 5.41) is 1.76. The summed E-state index contributed by atoms with van der Waals surface area (Å²) < 4.78 is 38.6. The molecule has 0 aliphatic carbocycles. The molecule has 1 saturated heterocycles. The van der Waals surface area contributed by atoms with Gasteiger partial charge < -0.3 is 9.47 Å². The minimum atomic E-state index is -3.47. The molecule has 2 aromatic rings. The van der Waals surface area contributed by atoms with Gasteiger partial charge in [0.1, 0.15) is 21.3 Å². The van der Waals surface area contributed by atoms with Crippen LogP contribution in [0.3, 0.4) is 0 Å². The molecule has 138 valence electrons. The Balaban J connectivity index is 1.55. The Morgan fingerprint density at radius 3 is 2.65 bits per heavy atom. The number of sulfonamides is 1. The van der Waals surface area contributed by atoms with Crippen molar-refractivity contribution in [3.05, 3.63) is 41.3 Å². The second-order valence-electron chi connectivity index (χ2n) is 6.58. The SMILES string of the molecule is COc1ccc2c(c1)OC1(CCN(S(=O)(=O)c3cccs3)CC1)CC2=O. The van der Waals surface area contributed by atoms with Gasteiger partial charge in [0.2, 0.25) is 0 Å². The van der Waals surface area contributed by atoms with Gasteiger partial charge in [-0.3, -0.25) is 4.79 Å². The van der Waals surface area contributed by atoms with E-state index in [1.54, 1.807) is 42.8 Å². The van der Waals surface area contributed by atoms with Gasteiger partial charge in [-0.25, -0.2) is 8.42 Å². The third-order valence-corrected chi connectivity index (χ3v) is 8.29. The van der Waals surface area contributed by atoms with Crippen LogP contribution in [0.2, 0.25) is 0 Å². The molecule has 1 fully saturated rings. The number of carbonyl (C=O) groups excluding carboxylic acids is 1. The number of nitrogens with zero attached hydrogens (tertiary/aromatic N) is 1. The van der Waals surface area contributed by atoms with Crippen molar-refractivity contribution in [1.82, 2.24) is 4.31 Å². The molecule has 1 aromatic carbocycles. The van der Waals surface area contributed by atoms with Crippen LogP contribution in [0.1, 0.15) is 29.6 Å². The van der Waals surface area contributed by atoms with Crippen LogP contribution in [0.5, 0.6) is 11.5 Å². The molecule has 2 aliphatic heterocycles. The maximum Gasteiger partial charge on any atom is 0.252 e. The van der Waals surface area contributed by atoms with E-state index in [9.17, 15) is 13.2 Å². The lowest BCUT2D eigenvalue weighted by Crippen LogP contribution is -2.52. The Morgan fingerprint density at radius 1 is 1.23 bits per heavy atom. The van der Waals surface area contributed by atoms with Gasteiger partial charge >= 0.3 is 0 Å². The van der Waals surface area contributed by atoms with Crippen LogP contribution in [0.15, 0.2) is 39.9 Å². The van der Waals surface area contributed by atoms with E-state index < -0.39 is 15.6 Å². The molecule has 2 aliphatic rings. The second-order valence-corrected chi connectivity index (χ2v) is 9.70. The highest BCUT2D eigenvalue weighted by atomic mass is 32.2. The van der Waals surface area contributed by atoms with Crippen LogP contribution in [0, 0.1) is 0 Å². The van der Waals surface area contributed by atoms with Crippen molar-refractivity contribution in [2.24, 2.45) is 0 Å². The number of rotatable bonds is 3. The zero-order valence-electron chi connectivity index (χ0n) is 14.3. The fraction of sp³-hybridized carbons (Fsp3) is 0.389. The first-order chi connectivity index (χ1) is 12.4. The summed E-state index contributed by atoms with van der Waals surface area (Å²) in [6.45, 7) is 0.680. The number of hydrogen-bond acceptors (Lipinski definition) is 6. The smallest absolute Gasteiger partial charge is 0.252 e. The molecule has 4 rings (SSSR count). The van der Waals surface area contributed by atoms with Gasteiger partial charge in [-0.2, -0.15) is 4.31 Å². The van der Waals surface area contributed by atoms with Crippen molar-refractivity contribution < 1.29 is 22.7 Å². The molecule has 0 radical (unpaired) electrons. The lowest BCUT2D eigenvalue weighted by Gasteiger charge is -2.43. The van der Waals surface area contributed by atoms with Crippen LogP contribution < -0.4 is 9.47 Å². The van der Waals surface area contributed by atoms with Gasteiger partial charge in [0.05, 0.1) is 19.1 Å². The Labute approximate surface area is 156 Å². The Hall–Kier alpha value is -1.90. The van der Waals surface area contributed by atoms with Crippen molar-refractivity contribution in [2.45, 2.75) is 29.1 Å². The Morgan fingerprint density at radius 2 is 2.00 bits per heavy atom. The molecule has 0 atom stereocenters. The van der Waals surface area contributed by atoms with E-state index in [0.717, 1.165) is 0 Å².